The van der Waals surface area contributed by atoms with Gasteiger partial charge in [-0.2, -0.15) is 0 Å². The molecule has 3 heteroatoms. The third kappa shape index (κ3) is 2.36. The Hall–Kier alpha value is -2.55. The minimum atomic E-state index is 0.917. The molecule has 3 aromatic rings. The van der Waals surface area contributed by atoms with Crippen LogP contribution in [0.1, 0.15) is 0 Å². The maximum atomic E-state index is 4.46. The third-order valence-electron chi connectivity index (χ3n) is 2.95. The zero-order valence-electron chi connectivity index (χ0n) is 10.8. The first kappa shape index (κ1) is 11.5. The largest absolute Gasteiger partial charge is 0.338 e. The molecule has 0 spiro atoms. The molecule has 0 saturated carbocycles. The summed E-state index contributed by atoms with van der Waals surface area (Å²) in [4.78, 5) is 6.60. The maximum Gasteiger partial charge on any atom is 0.155 e. The number of hydrogen-bond donors (Lipinski definition) is 0. The van der Waals surface area contributed by atoms with Crippen LogP contribution in [0.2, 0.25) is 0 Å². The second kappa shape index (κ2) is 4.98. The number of nitrogens with zero attached hydrogens (tertiary/aromatic N) is 3. The van der Waals surface area contributed by atoms with Crippen LogP contribution in [0.25, 0.3) is 0 Å². The first-order valence-corrected chi connectivity index (χ1v) is 6.23. The molecule has 0 amide bonds. The molecule has 0 radical (unpaired) electrons. The summed E-state index contributed by atoms with van der Waals surface area (Å²) >= 11 is 0. The van der Waals surface area contributed by atoms with E-state index in [2.05, 4.69) is 34.1 Å². The highest BCUT2D eigenvalue weighted by Gasteiger charge is 2.13. The van der Waals surface area contributed by atoms with E-state index in [4.69, 9.17) is 0 Å². The van der Waals surface area contributed by atoms with E-state index in [1.54, 1.807) is 0 Å². The SMILES string of the molecule is Cn1cnc(N(c2ccccc2)c2ccccc2)c1. The van der Waals surface area contributed by atoms with E-state index in [1.807, 2.05) is 60.5 Å². The number of aryl methyl sites for hydroxylation is 1. The average Bonchev–Trinajstić information content (AvgIpc) is 2.88. The Morgan fingerprint density at radius 3 is 1.79 bits per heavy atom. The topological polar surface area (TPSA) is 21.1 Å². The minimum absolute atomic E-state index is 0.917. The van der Waals surface area contributed by atoms with Crippen molar-refractivity contribution in [2.24, 2.45) is 7.05 Å². The van der Waals surface area contributed by atoms with Gasteiger partial charge in [0.05, 0.1) is 6.33 Å². The zero-order chi connectivity index (χ0) is 13.1. The Morgan fingerprint density at radius 1 is 0.842 bits per heavy atom. The van der Waals surface area contributed by atoms with Crippen molar-refractivity contribution >= 4 is 17.2 Å². The van der Waals surface area contributed by atoms with Gasteiger partial charge >= 0.3 is 0 Å². The van der Waals surface area contributed by atoms with Crippen LogP contribution in [0.15, 0.2) is 73.2 Å². The summed E-state index contributed by atoms with van der Waals surface area (Å²) in [5, 5.41) is 0. The molecule has 0 aliphatic rings. The summed E-state index contributed by atoms with van der Waals surface area (Å²) in [6.07, 6.45) is 3.83. The van der Waals surface area contributed by atoms with Crippen molar-refractivity contribution in [3.63, 3.8) is 0 Å². The van der Waals surface area contributed by atoms with Crippen LogP contribution in [-0.2, 0) is 7.05 Å². The second-order valence-corrected chi connectivity index (χ2v) is 4.40. The summed E-state index contributed by atoms with van der Waals surface area (Å²) in [6.45, 7) is 0. The molecule has 0 N–H and O–H groups in total. The monoisotopic (exact) mass is 249 g/mol. The van der Waals surface area contributed by atoms with Gasteiger partial charge in [-0.15, -0.1) is 0 Å². The highest BCUT2D eigenvalue weighted by atomic mass is 15.2. The molecular weight excluding hydrogens is 234 g/mol. The number of imidazole rings is 1. The molecule has 0 aliphatic heterocycles. The molecule has 0 fully saturated rings. The molecule has 0 atom stereocenters. The van der Waals surface area contributed by atoms with Gasteiger partial charge in [-0.25, -0.2) is 4.98 Å². The lowest BCUT2D eigenvalue weighted by molar-refractivity contribution is 0.913. The van der Waals surface area contributed by atoms with Crippen LogP contribution < -0.4 is 4.90 Å². The van der Waals surface area contributed by atoms with Gasteiger partial charge in [0.2, 0.25) is 0 Å². The average molecular weight is 249 g/mol. The molecule has 0 aliphatic carbocycles. The lowest BCUT2D eigenvalue weighted by Crippen LogP contribution is -2.09. The first-order valence-electron chi connectivity index (χ1n) is 6.23. The molecule has 1 heterocycles. The number of hydrogen-bond acceptors (Lipinski definition) is 2. The lowest BCUT2D eigenvalue weighted by atomic mass is 10.2. The van der Waals surface area contributed by atoms with Gasteiger partial charge in [-0.3, -0.25) is 4.90 Å². The van der Waals surface area contributed by atoms with Gasteiger partial charge in [-0.05, 0) is 24.3 Å². The quantitative estimate of drug-likeness (QED) is 0.702. The van der Waals surface area contributed by atoms with E-state index in [9.17, 15) is 0 Å². The molecule has 0 bridgehead atoms. The summed E-state index contributed by atoms with van der Waals surface area (Å²) < 4.78 is 1.95. The van der Waals surface area contributed by atoms with Crippen molar-refractivity contribution in [2.75, 3.05) is 4.90 Å². The van der Waals surface area contributed by atoms with E-state index in [1.165, 1.54) is 0 Å². The molecular formula is C16H15N3. The summed E-state index contributed by atoms with van der Waals surface area (Å²) in [5.74, 6) is 0.917. The van der Waals surface area contributed by atoms with E-state index in [-0.39, 0.29) is 0 Å². The van der Waals surface area contributed by atoms with Gasteiger partial charge in [0.15, 0.2) is 5.82 Å². The highest BCUT2D eigenvalue weighted by molar-refractivity contribution is 5.73. The molecule has 3 rings (SSSR count). The van der Waals surface area contributed by atoms with Crippen LogP contribution >= 0.6 is 0 Å². The number of aromatic nitrogens is 2. The summed E-state index contributed by atoms with van der Waals surface area (Å²) in [7, 11) is 1.98. The second-order valence-electron chi connectivity index (χ2n) is 4.40. The predicted octanol–water partition coefficient (Wildman–Crippen LogP) is 3.89. The van der Waals surface area contributed by atoms with Crippen molar-refractivity contribution in [1.82, 2.24) is 9.55 Å². The Bertz CT molecular complexity index is 605. The highest BCUT2D eigenvalue weighted by Crippen LogP contribution is 2.32. The molecule has 3 nitrogen and oxygen atoms in total. The van der Waals surface area contributed by atoms with Crippen molar-refractivity contribution in [2.45, 2.75) is 0 Å². The Kier molecular flexibility index (Phi) is 3.02. The van der Waals surface area contributed by atoms with Crippen LogP contribution in [0.3, 0.4) is 0 Å². The number of rotatable bonds is 3. The molecule has 2 aromatic carbocycles. The van der Waals surface area contributed by atoms with Gasteiger partial charge in [0.1, 0.15) is 0 Å². The number of anilines is 3. The smallest absolute Gasteiger partial charge is 0.155 e. The van der Waals surface area contributed by atoms with Crippen LogP contribution in [0.4, 0.5) is 17.2 Å². The fourth-order valence-electron chi connectivity index (χ4n) is 2.08. The Labute approximate surface area is 112 Å². The van der Waals surface area contributed by atoms with E-state index in [0.29, 0.717) is 0 Å². The summed E-state index contributed by atoms with van der Waals surface area (Å²) in [6, 6.07) is 20.5. The molecule has 0 saturated heterocycles. The van der Waals surface area contributed by atoms with Crippen molar-refractivity contribution < 1.29 is 0 Å². The van der Waals surface area contributed by atoms with Crippen LogP contribution in [-0.4, -0.2) is 9.55 Å². The number of benzene rings is 2. The number of para-hydroxylation sites is 2. The van der Waals surface area contributed by atoms with Crippen molar-refractivity contribution in [3.8, 4) is 0 Å². The predicted molar refractivity (Wildman–Crippen MR) is 77.9 cm³/mol. The zero-order valence-corrected chi connectivity index (χ0v) is 10.8. The fraction of sp³-hybridized carbons (Fsp3) is 0.0625. The van der Waals surface area contributed by atoms with Crippen LogP contribution in [0, 0.1) is 0 Å². The van der Waals surface area contributed by atoms with Gasteiger partial charge < -0.3 is 4.57 Å². The Morgan fingerprint density at radius 2 is 1.37 bits per heavy atom. The fourth-order valence-corrected chi connectivity index (χ4v) is 2.08. The van der Waals surface area contributed by atoms with E-state index >= 15 is 0 Å². The van der Waals surface area contributed by atoms with Crippen LogP contribution in [0.5, 0.6) is 0 Å². The van der Waals surface area contributed by atoms with Gasteiger partial charge in [-0.1, -0.05) is 36.4 Å². The first-order chi connectivity index (χ1) is 9.34. The minimum Gasteiger partial charge on any atom is -0.338 e. The van der Waals surface area contributed by atoms with E-state index in [0.717, 1.165) is 17.2 Å². The van der Waals surface area contributed by atoms with Gasteiger partial charge in [0.25, 0.3) is 0 Å². The summed E-state index contributed by atoms with van der Waals surface area (Å²) in [5.41, 5.74) is 2.21. The molecule has 1 aromatic heterocycles. The Balaban J connectivity index is 2.11. The van der Waals surface area contributed by atoms with Gasteiger partial charge in [0, 0.05) is 24.6 Å². The standard InChI is InChI=1S/C16H15N3/c1-18-12-16(17-13-18)19(14-8-4-2-5-9-14)15-10-6-3-7-11-15/h2-13H,1H3. The third-order valence-corrected chi connectivity index (χ3v) is 2.95. The van der Waals surface area contributed by atoms with E-state index < -0.39 is 0 Å². The van der Waals surface area contributed by atoms with Crippen molar-refractivity contribution in [1.29, 1.82) is 0 Å². The molecule has 0 unspecified atom stereocenters. The molecule has 19 heavy (non-hydrogen) atoms. The maximum absolute atomic E-state index is 4.46. The normalized spacial score (nSPS) is 10.4. The molecule has 94 valence electrons. The van der Waals surface area contributed by atoms with Crippen molar-refractivity contribution in [3.05, 3.63) is 73.2 Å². The lowest BCUT2D eigenvalue weighted by Gasteiger charge is -2.22.